The molecule has 1 heterocycles. The number of rotatable bonds is 3. The van der Waals surface area contributed by atoms with Crippen molar-refractivity contribution in [2.24, 2.45) is 0 Å². The molecule has 0 unspecified atom stereocenters. The van der Waals surface area contributed by atoms with E-state index in [0.29, 0.717) is 5.69 Å². The third-order valence-electron chi connectivity index (χ3n) is 4.12. The van der Waals surface area contributed by atoms with Crippen molar-refractivity contribution in [1.82, 2.24) is 0 Å². The molecule has 2 N–H and O–H groups in total. The number of fused-ring (bicyclic) bond motifs is 1. The Kier molecular flexibility index (Phi) is 4.51. The fraction of sp³-hybridized carbons (Fsp3) is 0.263. The average Bonchev–Trinajstić information content (AvgIpc) is 2.68. The summed E-state index contributed by atoms with van der Waals surface area (Å²) in [5, 5.41) is 6.02. The van der Waals surface area contributed by atoms with Gasteiger partial charge < -0.3 is 15.5 Å². The molecule has 1 aliphatic rings. The van der Waals surface area contributed by atoms with E-state index in [-0.39, 0.29) is 30.8 Å². The first kappa shape index (κ1) is 16.1. The van der Waals surface area contributed by atoms with Crippen molar-refractivity contribution >= 4 is 28.9 Å². The summed E-state index contributed by atoms with van der Waals surface area (Å²) in [4.78, 5) is 26.5. The summed E-state index contributed by atoms with van der Waals surface area (Å²) in [7, 11) is 0. The summed E-state index contributed by atoms with van der Waals surface area (Å²) < 4.78 is 0. The van der Waals surface area contributed by atoms with Crippen molar-refractivity contribution in [2.45, 2.75) is 26.3 Å². The van der Waals surface area contributed by atoms with Crippen LogP contribution in [0.2, 0.25) is 0 Å². The number of hydrogen-bond donors (Lipinski definition) is 2. The minimum absolute atomic E-state index is 0.0629. The molecule has 0 bridgehead atoms. The number of anilines is 3. The molecule has 24 heavy (non-hydrogen) atoms. The minimum atomic E-state index is -0.194. The Morgan fingerprint density at radius 1 is 1.21 bits per heavy atom. The van der Waals surface area contributed by atoms with Crippen LogP contribution in [0.3, 0.4) is 0 Å². The predicted octanol–water partition coefficient (Wildman–Crippen LogP) is 3.17. The maximum Gasteiger partial charge on any atom is 0.246 e. The van der Waals surface area contributed by atoms with Gasteiger partial charge in [0.1, 0.15) is 0 Å². The lowest BCUT2D eigenvalue weighted by Crippen LogP contribution is -2.42. The zero-order valence-electron chi connectivity index (χ0n) is 13.9. The standard InChI is InChI=1S/C19H21N3O2/c1-13-7-9-15(10-8-13)20-12-19(24)22-14(2)11-18(23)21-16-5-3-4-6-17(16)22/h3-10,14,20H,11-12H2,1-2H3,(H,21,23)/t14-/m1/s1. The summed E-state index contributed by atoms with van der Waals surface area (Å²) in [6, 6.07) is 15.1. The van der Waals surface area contributed by atoms with Crippen LogP contribution in [0.15, 0.2) is 48.5 Å². The maximum atomic E-state index is 12.8. The van der Waals surface area contributed by atoms with Crippen LogP contribution in [-0.4, -0.2) is 24.4 Å². The molecule has 1 atom stereocenters. The van der Waals surface area contributed by atoms with Gasteiger partial charge in [-0.15, -0.1) is 0 Å². The molecule has 5 heteroatoms. The molecular formula is C19H21N3O2. The highest BCUT2D eigenvalue weighted by atomic mass is 16.2. The molecule has 3 rings (SSSR count). The number of carbonyl (C=O) groups is 2. The lowest BCUT2D eigenvalue weighted by molar-refractivity contribution is -0.118. The van der Waals surface area contributed by atoms with Gasteiger partial charge in [0.2, 0.25) is 11.8 Å². The zero-order chi connectivity index (χ0) is 17.1. The van der Waals surface area contributed by atoms with Crippen LogP contribution in [0.4, 0.5) is 17.1 Å². The van der Waals surface area contributed by atoms with Gasteiger partial charge in [-0.3, -0.25) is 9.59 Å². The number of amides is 2. The Morgan fingerprint density at radius 3 is 2.67 bits per heavy atom. The van der Waals surface area contributed by atoms with Crippen LogP contribution >= 0.6 is 0 Å². The van der Waals surface area contributed by atoms with Gasteiger partial charge >= 0.3 is 0 Å². The number of para-hydroxylation sites is 2. The molecule has 0 fully saturated rings. The van der Waals surface area contributed by atoms with Gasteiger partial charge in [-0.1, -0.05) is 29.8 Å². The first-order chi connectivity index (χ1) is 11.5. The molecule has 124 valence electrons. The van der Waals surface area contributed by atoms with Crippen molar-refractivity contribution in [3.63, 3.8) is 0 Å². The van der Waals surface area contributed by atoms with E-state index in [1.165, 1.54) is 5.56 Å². The van der Waals surface area contributed by atoms with Crippen LogP contribution in [0.25, 0.3) is 0 Å². The highest BCUT2D eigenvalue weighted by molar-refractivity contribution is 6.05. The highest BCUT2D eigenvalue weighted by Gasteiger charge is 2.29. The van der Waals surface area contributed by atoms with E-state index in [1.807, 2.05) is 62.4 Å². The van der Waals surface area contributed by atoms with E-state index >= 15 is 0 Å². The Bertz CT molecular complexity index is 755. The van der Waals surface area contributed by atoms with Gasteiger partial charge in [0, 0.05) is 18.2 Å². The second-order valence-corrected chi connectivity index (χ2v) is 6.10. The zero-order valence-corrected chi connectivity index (χ0v) is 13.9. The van der Waals surface area contributed by atoms with Gasteiger partial charge in [0.25, 0.3) is 0 Å². The molecule has 0 saturated carbocycles. The van der Waals surface area contributed by atoms with Crippen LogP contribution in [-0.2, 0) is 9.59 Å². The fourth-order valence-electron chi connectivity index (χ4n) is 2.90. The molecule has 0 aromatic heterocycles. The van der Waals surface area contributed by atoms with Crippen molar-refractivity contribution in [3.8, 4) is 0 Å². The first-order valence-electron chi connectivity index (χ1n) is 8.06. The maximum absolute atomic E-state index is 12.8. The summed E-state index contributed by atoms with van der Waals surface area (Å²) in [5.41, 5.74) is 3.49. The smallest absolute Gasteiger partial charge is 0.246 e. The second kappa shape index (κ2) is 6.74. The molecule has 2 aromatic rings. The highest BCUT2D eigenvalue weighted by Crippen LogP contribution is 2.31. The lowest BCUT2D eigenvalue weighted by atomic mass is 10.1. The molecule has 0 radical (unpaired) electrons. The largest absolute Gasteiger partial charge is 0.376 e. The number of nitrogens with zero attached hydrogens (tertiary/aromatic N) is 1. The van der Waals surface area contributed by atoms with E-state index < -0.39 is 0 Å². The average molecular weight is 323 g/mol. The van der Waals surface area contributed by atoms with E-state index in [9.17, 15) is 9.59 Å². The molecule has 1 aliphatic heterocycles. The normalized spacial score (nSPS) is 16.8. The van der Waals surface area contributed by atoms with E-state index in [4.69, 9.17) is 0 Å². The lowest BCUT2D eigenvalue weighted by Gasteiger charge is -2.28. The van der Waals surface area contributed by atoms with E-state index in [2.05, 4.69) is 10.6 Å². The Labute approximate surface area is 141 Å². The van der Waals surface area contributed by atoms with Crippen LogP contribution in [0.1, 0.15) is 18.9 Å². The van der Waals surface area contributed by atoms with E-state index in [0.717, 1.165) is 11.4 Å². The van der Waals surface area contributed by atoms with Gasteiger partial charge in [0.15, 0.2) is 0 Å². The van der Waals surface area contributed by atoms with Crippen molar-refractivity contribution in [3.05, 3.63) is 54.1 Å². The monoisotopic (exact) mass is 323 g/mol. The number of carbonyl (C=O) groups excluding carboxylic acids is 2. The Morgan fingerprint density at radius 2 is 1.92 bits per heavy atom. The number of aryl methyl sites for hydroxylation is 1. The summed E-state index contributed by atoms with van der Waals surface area (Å²) >= 11 is 0. The molecule has 0 aliphatic carbocycles. The third kappa shape index (κ3) is 3.40. The van der Waals surface area contributed by atoms with Crippen LogP contribution < -0.4 is 15.5 Å². The first-order valence-corrected chi connectivity index (χ1v) is 8.06. The topological polar surface area (TPSA) is 61.4 Å². The van der Waals surface area contributed by atoms with Crippen LogP contribution in [0.5, 0.6) is 0 Å². The Hall–Kier alpha value is -2.82. The quantitative estimate of drug-likeness (QED) is 0.912. The number of nitrogens with one attached hydrogen (secondary N) is 2. The summed E-state index contributed by atoms with van der Waals surface area (Å²) in [6.07, 6.45) is 0.283. The summed E-state index contributed by atoms with van der Waals surface area (Å²) in [6.45, 7) is 4.09. The molecule has 0 spiro atoms. The van der Waals surface area contributed by atoms with Crippen LogP contribution in [0, 0.1) is 6.92 Å². The van der Waals surface area contributed by atoms with Crippen molar-refractivity contribution in [2.75, 3.05) is 22.1 Å². The molecule has 2 aromatic carbocycles. The van der Waals surface area contributed by atoms with Gasteiger partial charge in [0.05, 0.1) is 17.9 Å². The summed E-state index contributed by atoms with van der Waals surface area (Å²) in [5.74, 6) is -0.135. The molecular weight excluding hydrogens is 302 g/mol. The van der Waals surface area contributed by atoms with E-state index in [1.54, 1.807) is 4.90 Å². The second-order valence-electron chi connectivity index (χ2n) is 6.10. The Balaban J connectivity index is 1.79. The predicted molar refractivity (Wildman–Crippen MR) is 96.3 cm³/mol. The number of hydrogen-bond acceptors (Lipinski definition) is 3. The van der Waals surface area contributed by atoms with Gasteiger partial charge in [-0.05, 0) is 38.1 Å². The number of benzene rings is 2. The molecule has 2 amide bonds. The van der Waals surface area contributed by atoms with Crippen molar-refractivity contribution < 1.29 is 9.59 Å². The van der Waals surface area contributed by atoms with Crippen molar-refractivity contribution in [1.29, 1.82) is 0 Å². The molecule has 0 saturated heterocycles. The SMILES string of the molecule is Cc1ccc(NCC(=O)N2c3ccccc3NC(=O)C[C@H]2C)cc1. The van der Waals surface area contributed by atoms with Gasteiger partial charge in [-0.2, -0.15) is 0 Å². The molecule has 5 nitrogen and oxygen atoms in total. The fourth-order valence-corrected chi connectivity index (χ4v) is 2.90. The van der Waals surface area contributed by atoms with Gasteiger partial charge in [-0.25, -0.2) is 0 Å². The minimum Gasteiger partial charge on any atom is -0.376 e. The third-order valence-corrected chi connectivity index (χ3v) is 4.12.